The number of rotatable bonds is 2. The summed E-state index contributed by atoms with van der Waals surface area (Å²) in [6, 6.07) is 13.8. The molecule has 0 N–H and O–H groups in total. The minimum absolute atomic E-state index is 0.0909. The molecule has 2 aromatic rings. The van der Waals surface area contributed by atoms with Gasteiger partial charge in [-0.3, -0.25) is 9.78 Å². The van der Waals surface area contributed by atoms with Crippen molar-refractivity contribution in [3.05, 3.63) is 65.5 Å². The molecular weight excluding hydrogens is 224 g/mol. The van der Waals surface area contributed by atoms with Crippen molar-refractivity contribution < 1.29 is 4.79 Å². The van der Waals surface area contributed by atoms with E-state index < -0.39 is 0 Å². The maximum atomic E-state index is 12.3. The molecule has 0 bridgehead atoms. The molecule has 3 rings (SSSR count). The van der Waals surface area contributed by atoms with Crippen LogP contribution in [0.3, 0.4) is 0 Å². The van der Waals surface area contributed by atoms with Crippen LogP contribution in [0.15, 0.2) is 48.7 Å². The maximum Gasteiger partial charge on any atom is 0.256 e. The molecule has 90 valence electrons. The van der Waals surface area contributed by atoms with E-state index in [1.807, 2.05) is 47.4 Å². The van der Waals surface area contributed by atoms with Crippen molar-refractivity contribution in [2.24, 2.45) is 0 Å². The van der Waals surface area contributed by atoms with Crippen molar-refractivity contribution in [2.45, 2.75) is 13.0 Å². The number of aromatic nitrogens is 1. The zero-order valence-corrected chi connectivity index (χ0v) is 10.0. The number of benzene rings is 1. The number of carbonyl (C=O) groups is 1. The summed E-state index contributed by atoms with van der Waals surface area (Å²) in [5, 5.41) is 0. The van der Waals surface area contributed by atoms with Crippen molar-refractivity contribution in [1.29, 1.82) is 0 Å². The average Bonchev–Trinajstić information content (AvgIpc) is 2.43. The highest BCUT2D eigenvalue weighted by atomic mass is 16.2. The third kappa shape index (κ3) is 1.99. The van der Waals surface area contributed by atoms with Gasteiger partial charge in [-0.05, 0) is 17.7 Å². The van der Waals surface area contributed by atoms with Gasteiger partial charge in [0.1, 0.15) is 0 Å². The quantitative estimate of drug-likeness (QED) is 0.804. The van der Waals surface area contributed by atoms with E-state index in [1.165, 1.54) is 0 Å². The summed E-state index contributed by atoms with van der Waals surface area (Å²) in [5.41, 5.74) is 2.84. The first kappa shape index (κ1) is 11.0. The van der Waals surface area contributed by atoms with Gasteiger partial charge in [0.25, 0.3) is 5.91 Å². The van der Waals surface area contributed by atoms with E-state index in [4.69, 9.17) is 0 Å². The van der Waals surface area contributed by atoms with E-state index in [0.717, 1.165) is 29.8 Å². The molecule has 1 aromatic heterocycles. The summed E-state index contributed by atoms with van der Waals surface area (Å²) in [6.07, 6.45) is 2.59. The van der Waals surface area contributed by atoms with E-state index in [2.05, 4.69) is 4.98 Å². The Morgan fingerprint density at radius 1 is 1.11 bits per heavy atom. The highest BCUT2D eigenvalue weighted by Gasteiger charge is 2.24. The second-order valence-corrected chi connectivity index (χ2v) is 4.46. The van der Waals surface area contributed by atoms with Gasteiger partial charge in [-0.1, -0.05) is 30.3 Å². The van der Waals surface area contributed by atoms with Crippen LogP contribution in [-0.4, -0.2) is 22.3 Å². The number of hydrogen-bond acceptors (Lipinski definition) is 2. The van der Waals surface area contributed by atoms with Gasteiger partial charge in [-0.25, -0.2) is 0 Å². The lowest BCUT2D eigenvalue weighted by Gasteiger charge is -2.27. The molecule has 1 amide bonds. The Bertz CT molecular complexity index is 566. The summed E-state index contributed by atoms with van der Waals surface area (Å²) in [6.45, 7) is 1.42. The third-order valence-corrected chi connectivity index (χ3v) is 3.24. The predicted molar refractivity (Wildman–Crippen MR) is 69.1 cm³/mol. The highest BCUT2D eigenvalue weighted by Crippen LogP contribution is 2.18. The topological polar surface area (TPSA) is 33.2 Å². The Labute approximate surface area is 106 Å². The van der Waals surface area contributed by atoms with Crippen LogP contribution in [0.4, 0.5) is 0 Å². The molecule has 1 aliphatic heterocycles. The molecule has 3 nitrogen and oxygen atoms in total. The van der Waals surface area contributed by atoms with Crippen LogP contribution in [0, 0.1) is 0 Å². The molecule has 0 saturated heterocycles. The van der Waals surface area contributed by atoms with Crippen LogP contribution in [0.2, 0.25) is 0 Å². The fourth-order valence-corrected chi connectivity index (χ4v) is 2.30. The summed E-state index contributed by atoms with van der Waals surface area (Å²) in [5.74, 6) is 0.0909. The first-order valence-corrected chi connectivity index (χ1v) is 6.12. The van der Waals surface area contributed by atoms with Crippen molar-refractivity contribution in [3.8, 4) is 0 Å². The zero-order chi connectivity index (χ0) is 12.4. The molecule has 0 aliphatic carbocycles. The lowest BCUT2D eigenvalue weighted by atomic mass is 10.0. The van der Waals surface area contributed by atoms with Gasteiger partial charge >= 0.3 is 0 Å². The monoisotopic (exact) mass is 238 g/mol. The van der Waals surface area contributed by atoms with E-state index in [1.54, 1.807) is 6.20 Å². The number of hydrogen-bond donors (Lipinski definition) is 0. The first-order chi connectivity index (χ1) is 8.84. The summed E-state index contributed by atoms with van der Waals surface area (Å²) < 4.78 is 0. The second kappa shape index (κ2) is 4.61. The van der Waals surface area contributed by atoms with Crippen LogP contribution >= 0.6 is 0 Å². The van der Waals surface area contributed by atoms with Crippen molar-refractivity contribution in [2.75, 3.05) is 6.54 Å². The average molecular weight is 238 g/mol. The Hall–Kier alpha value is -2.16. The summed E-state index contributed by atoms with van der Waals surface area (Å²) in [4.78, 5) is 18.5. The van der Waals surface area contributed by atoms with Crippen molar-refractivity contribution in [3.63, 3.8) is 0 Å². The van der Waals surface area contributed by atoms with Crippen LogP contribution < -0.4 is 0 Å². The van der Waals surface area contributed by atoms with Gasteiger partial charge in [-0.2, -0.15) is 0 Å². The fraction of sp³-hybridized carbons (Fsp3) is 0.200. The van der Waals surface area contributed by atoms with Gasteiger partial charge in [0.2, 0.25) is 0 Å². The summed E-state index contributed by atoms with van der Waals surface area (Å²) in [7, 11) is 0. The highest BCUT2D eigenvalue weighted by molar-refractivity contribution is 5.96. The molecule has 0 radical (unpaired) electrons. The van der Waals surface area contributed by atoms with E-state index >= 15 is 0 Å². The van der Waals surface area contributed by atoms with Crippen LogP contribution in [0.5, 0.6) is 0 Å². The van der Waals surface area contributed by atoms with Crippen molar-refractivity contribution >= 4 is 5.91 Å². The minimum Gasteiger partial charge on any atom is -0.334 e. The lowest BCUT2D eigenvalue weighted by Crippen LogP contribution is -2.37. The molecule has 1 aliphatic rings. The minimum atomic E-state index is 0.0909. The van der Waals surface area contributed by atoms with E-state index in [-0.39, 0.29) is 5.91 Å². The molecule has 0 saturated carbocycles. The second-order valence-electron chi connectivity index (χ2n) is 4.46. The Morgan fingerprint density at radius 3 is 2.78 bits per heavy atom. The van der Waals surface area contributed by atoms with Gasteiger partial charge in [0, 0.05) is 25.7 Å². The molecule has 18 heavy (non-hydrogen) atoms. The standard InChI is InChI=1S/C15H14N2O/c18-15-13-7-4-9-16-14(13)8-10-17(15)11-12-5-2-1-3-6-12/h1-7,9H,8,10-11H2. The van der Waals surface area contributed by atoms with Gasteiger partial charge in [-0.15, -0.1) is 0 Å². The Balaban J connectivity index is 1.83. The largest absolute Gasteiger partial charge is 0.334 e. The number of amides is 1. The molecule has 0 unspecified atom stereocenters. The van der Waals surface area contributed by atoms with Gasteiger partial charge < -0.3 is 4.90 Å². The van der Waals surface area contributed by atoms with Gasteiger partial charge in [0.15, 0.2) is 0 Å². The number of pyridine rings is 1. The zero-order valence-electron chi connectivity index (χ0n) is 10.0. The molecule has 0 spiro atoms. The smallest absolute Gasteiger partial charge is 0.256 e. The third-order valence-electron chi connectivity index (χ3n) is 3.24. The van der Waals surface area contributed by atoms with Crippen molar-refractivity contribution in [1.82, 2.24) is 9.88 Å². The molecule has 0 fully saturated rings. The number of carbonyl (C=O) groups excluding carboxylic acids is 1. The molecule has 1 aromatic carbocycles. The molecular formula is C15H14N2O. The Morgan fingerprint density at radius 2 is 1.94 bits per heavy atom. The maximum absolute atomic E-state index is 12.3. The normalized spacial score (nSPS) is 14.4. The molecule has 3 heteroatoms. The number of nitrogens with zero attached hydrogens (tertiary/aromatic N) is 2. The van der Waals surface area contributed by atoms with Crippen LogP contribution in [0.1, 0.15) is 21.6 Å². The van der Waals surface area contributed by atoms with Crippen LogP contribution in [-0.2, 0) is 13.0 Å². The SMILES string of the molecule is O=C1c2cccnc2CCN1Cc1ccccc1. The Kier molecular flexibility index (Phi) is 2.81. The molecule has 0 atom stereocenters. The van der Waals surface area contributed by atoms with Gasteiger partial charge in [0.05, 0.1) is 11.3 Å². The number of fused-ring (bicyclic) bond motifs is 1. The first-order valence-electron chi connectivity index (χ1n) is 6.12. The molecule has 2 heterocycles. The predicted octanol–water partition coefficient (Wildman–Crippen LogP) is 2.28. The van der Waals surface area contributed by atoms with E-state index in [0.29, 0.717) is 6.54 Å². The van der Waals surface area contributed by atoms with E-state index in [9.17, 15) is 4.79 Å². The van der Waals surface area contributed by atoms with Crippen LogP contribution in [0.25, 0.3) is 0 Å². The summed E-state index contributed by atoms with van der Waals surface area (Å²) >= 11 is 0. The fourth-order valence-electron chi connectivity index (χ4n) is 2.30. The lowest BCUT2D eigenvalue weighted by molar-refractivity contribution is 0.0725.